The number of Topliss-reactive ketones (excluding diaryl/α,β-unsaturated/α-hetero) is 1. The van der Waals surface area contributed by atoms with E-state index in [0.29, 0.717) is 19.4 Å². The summed E-state index contributed by atoms with van der Waals surface area (Å²) < 4.78 is 2.01. The Hall–Kier alpha value is -0.270. The monoisotopic (exact) mass is 173 g/mol. The Morgan fingerprint density at radius 1 is 1.73 bits per heavy atom. The Morgan fingerprint density at radius 2 is 2.45 bits per heavy atom. The SMILES string of the molecule is O=CCC1CN(P)CCC1=O. The molecule has 3 nitrogen and oxygen atoms in total. The van der Waals surface area contributed by atoms with Gasteiger partial charge in [-0.3, -0.25) is 9.46 Å². The highest BCUT2D eigenvalue weighted by Crippen LogP contribution is 2.17. The zero-order chi connectivity index (χ0) is 8.27. The van der Waals surface area contributed by atoms with E-state index in [2.05, 4.69) is 9.39 Å². The summed E-state index contributed by atoms with van der Waals surface area (Å²) >= 11 is 0. The lowest BCUT2D eigenvalue weighted by Gasteiger charge is -2.26. The van der Waals surface area contributed by atoms with Gasteiger partial charge in [0, 0.05) is 31.8 Å². The molecule has 0 radical (unpaired) electrons. The zero-order valence-corrected chi connectivity index (χ0v) is 7.48. The predicted octanol–water partition coefficient (Wildman–Crippen LogP) is 0.257. The van der Waals surface area contributed by atoms with Crippen molar-refractivity contribution in [2.75, 3.05) is 13.1 Å². The van der Waals surface area contributed by atoms with Gasteiger partial charge in [0.05, 0.1) is 0 Å². The fourth-order valence-electron chi connectivity index (χ4n) is 1.26. The smallest absolute Gasteiger partial charge is 0.138 e. The van der Waals surface area contributed by atoms with Crippen molar-refractivity contribution in [1.29, 1.82) is 0 Å². The van der Waals surface area contributed by atoms with Crippen LogP contribution in [0.5, 0.6) is 0 Å². The summed E-state index contributed by atoms with van der Waals surface area (Å²) in [5.74, 6) is 0.176. The molecule has 1 aliphatic heterocycles. The van der Waals surface area contributed by atoms with E-state index in [0.717, 1.165) is 12.8 Å². The fraction of sp³-hybridized carbons (Fsp3) is 0.714. The lowest BCUT2D eigenvalue weighted by Crippen LogP contribution is -2.35. The molecule has 1 saturated heterocycles. The molecule has 62 valence electrons. The van der Waals surface area contributed by atoms with E-state index >= 15 is 0 Å². The molecule has 0 spiro atoms. The summed E-state index contributed by atoms with van der Waals surface area (Å²) in [5, 5.41) is 0. The maximum atomic E-state index is 11.1. The molecule has 0 N–H and O–H groups in total. The summed E-state index contributed by atoms with van der Waals surface area (Å²) in [4.78, 5) is 21.3. The minimum atomic E-state index is -0.0567. The maximum absolute atomic E-state index is 11.1. The number of aldehydes is 1. The van der Waals surface area contributed by atoms with Crippen molar-refractivity contribution in [3.8, 4) is 0 Å². The molecule has 1 heterocycles. The van der Waals surface area contributed by atoms with Gasteiger partial charge in [-0.15, -0.1) is 0 Å². The minimum Gasteiger partial charge on any atom is -0.303 e. The predicted molar refractivity (Wildman–Crippen MR) is 45.1 cm³/mol. The zero-order valence-electron chi connectivity index (χ0n) is 6.32. The highest BCUT2D eigenvalue weighted by Gasteiger charge is 2.24. The van der Waals surface area contributed by atoms with E-state index in [4.69, 9.17) is 0 Å². The Kier molecular flexibility index (Phi) is 3.16. The lowest BCUT2D eigenvalue weighted by molar-refractivity contribution is -0.127. The molecule has 0 amide bonds. The first-order valence-corrected chi connectivity index (χ1v) is 4.21. The molecule has 0 bridgehead atoms. The highest BCUT2D eigenvalue weighted by molar-refractivity contribution is 7.13. The molecule has 4 heteroatoms. The number of ketones is 1. The van der Waals surface area contributed by atoms with Gasteiger partial charge in [0.15, 0.2) is 0 Å². The molecule has 0 aromatic rings. The molecular formula is C7H12NO2P. The molecule has 2 unspecified atom stereocenters. The summed E-state index contributed by atoms with van der Waals surface area (Å²) in [6, 6.07) is 0. The summed E-state index contributed by atoms with van der Waals surface area (Å²) in [5.41, 5.74) is 0. The van der Waals surface area contributed by atoms with Crippen molar-refractivity contribution in [3.05, 3.63) is 0 Å². The average molecular weight is 173 g/mol. The Balaban J connectivity index is 2.46. The highest BCUT2D eigenvalue weighted by atomic mass is 31.0. The van der Waals surface area contributed by atoms with E-state index in [1.807, 2.05) is 4.67 Å². The molecule has 0 aromatic heterocycles. The van der Waals surface area contributed by atoms with Gasteiger partial charge in [0.1, 0.15) is 12.1 Å². The van der Waals surface area contributed by atoms with E-state index in [9.17, 15) is 9.59 Å². The summed E-state index contributed by atoms with van der Waals surface area (Å²) in [6.45, 7) is 1.51. The second kappa shape index (κ2) is 3.93. The van der Waals surface area contributed by atoms with Gasteiger partial charge < -0.3 is 4.79 Å². The standard InChI is InChI=1S/C7H12NO2P/c9-4-2-6-5-8(11)3-1-7(6)10/h4,6H,1-3,5,11H2. The molecule has 2 atom stereocenters. The van der Waals surface area contributed by atoms with Gasteiger partial charge in [-0.05, 0) is 0 Å². The van der Waals surface area contributed by atoms with Crippen LogP contribution in [0.25, 0.3) is 0 Å². The molecule has 11 heavy (non-hydrogen) atoms. The minimum absolute atomic E-state index is 0.0567. The summed E-state index contributed by atoms with van der Waals surface area (Å²) in [7, 11) is 2.56. The van der Waals surface area contributed by atoms with Crippen LogP contribution in [0.1, 0.15) is 12.8 Å². The Bertz CT molecular complexity index is 172. The average Bonchev–Trinajstić information content (AvgIpc) is 1.98. The van der Waals surface area contributed by atoms with Gasteiger partial charge in [-0.25, -0.2) is 0 Å². The van der Waals surface area contributed by atoms with Crippen molar-refractivity contribution in [2.24, 2.45) is 5.92 Å². The van der Waals surface area contributed by atoms with Gasteiger partial charge in [0.2, 0.25) is 0 Å². The topological polar surface area (TPSA) is 37.4 Å². The van der Waals surface area contributed by atoms with Crippen LogP contribution < -0.4 is 0 Å². The number of hydrogen-bond donors (Lipinski definition) is 0. The first kappa shape index (κ1) is 8.82. The van der Waals surface area contributed by atoms with E-state index in [-0.39, 0.29) is 11.7 Å². The molecule has 1 aliphatic rings. The lowest BCUT2D eigenvalue weighted by atomic mass is 9.95. The van der Waals surface area contributed by atoms with Crippen LogP contribution in [0.2, 0.25) is 0 Å². The van der Waals surface area contributed by atoms with Crippen LogP contribution in [0.3, 0.4) is 0 Å². The van der Waals surface area contributed by atoms with Crippen LogP contribution in [0, 0.1) is 5.92 Å². The summed E-state index contributed by atoms with van der Waals surface area (Å²) in [6.07, 6.45) is 1.79. The second-order valence-electron chi connectivity index (χ2n) is 2.81. The van der Waals surface area contributed by atoms with Crippen molar-refractivity contribution < 1.29 is 9.59 Å². The third kappa shape index (κ3) is 2.35. The largest absolute Gasteiger partial charge is 0.303 e. The number of piperidine rings is 1. The number of carbonyl (C=O) groups excluding carboxylic acids is 2. The first-order valence-electron chi connectivity index (χ1n) is 3.70. The number of carbonyl (C=O) groups is 2. The van der Waals surface area contributed by atoms with Crippen LogP contribution in [-0.2, 0) is 9.59 Å². The van der Waals surface area contributed by atoms with Gasteiger partial charge in [0.25, 0.3) is 0 Å². The Morgan fingerprint density at radius 3 is 3.09 bits per heavy atom. The molecule has 0 aliphatic carbocycles. The fourth-order valence-corrected chi connectivity index (χ4v) is 1.64. The van der Waals surface area contributed by atoms with Gasteiger partial charge in [-0.2, -0.15) is 0 Å². The van der Waals surface area contributed by atoms with Crippen LogP contribution in [-0.4, -0.2) is 29.8 Å². The van der Waals surface area contributed by atoms with Crippen LogP contribution >= 0.6 is 9.39 Å². The maximum Gasteiger partial charge on any atom is 0.138 e. The third-order valence-electron chi connectivity index (χ3n) is 1.94. The molecule has 1 rings (SSSR count). The van der Waals surface area contributed by atoms with Crippen molar-refractivity contribution in [1.82, 2.24) is 4.67 Å². The first-order chi connectivity index (χ1) is 5.24. The van der Waals surface area contributed by atoms with Gasteiger partial charge >= 0.3 is 0 Å². The Labute approximate surface area is 68.4 Å². The molecule has 0 aromatic carbocycles. The number of nitrogens with zero attached hydrogens (tertiary/aromatic N) is 1. The quantitative estimate of drug-likeness (QED) is 0.444. The van der Waals surface area contributed by atoms with Crippen LogP contribution in [0.15, 0.2) is 0 Å². The van der Waals surface area contributed by atoms with Crippen molar-refractivity contribution >= 4 is 21.5 Å². The van der Waals surface area contributed by atoms with E-state index in [1.165, 1.54) is 0 Å². The molecular weight excluding hydrogens is 161 g/mol. The second-order valence-corrected chi connectivity index (χ2v) is 3.54. The van der Waals surface area contributed by atoms with Crippen molar-refractivity contribution in [2.45, 2.75) is 12.8 Å². The molecule has 1 fully saturated rings. The van der Waals surface area contributed by atoms with E-state index in [1.54, 1.807) is 0 Å². The van der Waals surface area contributed by atoms with E-state index < -0.39 is 0 Å². The van der Waals surface area contributed by atoms with Crippen molar-refractivity contribution in [3.63, 3.8) is 0 Å². The number of rotatable bonds is 2. The molecule has 0 saturated carbocycles. The third-order valence-corrected chi connectivity index (χ3v) is 2.41. The normalized spacial score (nSPS) is 27.0. The van der Waals surface area contributed by atoms with Gasteiger partial charge in [-0.1, -0.05) is 9.39 Å². The number of hydrogen-bond acceptors (Lipinski definition) is 3. The van der Waals surface area contributed by atoms with Crippen LogP contribution in [0.4, 0.5) is 0 Å².